The van der Waals surface area contributed by atoms with E-state index in [2.05, 4.69) is 59.5 Å². The maximum atomic E-state index is 13.8. The monoisotopic (exact) mass is 867 g/mol. The highest BCUT2D eigenvalue weighted by Gasteiger charge is 2.67. The van der Waals surface area contributed by atoms with E-state index in [1.165, 1.54) is 0 Å². The van der Waals surface area contributed by atoms with Crippen molar-refractivity contribution in [3.8, 4) is 17.6 Å². The molecule has 10 rings (SSSR count). The predicted octanol–water partition coefficient (Wildman–Crippen LogP) is 6.50. The molecule has 3 atom stereocenters. The first kappa shape index (κ1) is 41.3. The van der Waals surface area contributed by atoms with Gasteiger partial charge in [0.15, 0.2) is 0 Å². The molecule has 5 amide bonds. The van der Waals surface area contributed by atoms with Crippen LogP contribution in [0.5, 0.6) is 5.75 Å². The van der Waals surface area contributed by atoms with Gasteiger partial charge in [-0.25, -0.2) is 9.83 Å². The molecule has 63 heavy (non-hydrogen) atoms. The van der Waals surface area contributed by atoms with Crippen molar-refractivity contribution in [2.45, 2.75) is 97.0 Å². The Bertz CT molecular complexity index is 2570. The zero-order valence-electron chi connectivity index (χ0n) is 35.9. The lowest BCUT2D eigenvalue weighted by Crippen LogP contribution is -2.74. The van der Waals surface area contributed by atoms with Crippen molar-refractivity contribution in [2.75, 3.05) is 31.1 Å². The smallest absolute Gasteiger partial charge is 0.262 e. The highest BCUT2D eigenvalue weighted by molar-refractivity contribution is 6.33. The van der Waals surface area contributed by atoms with Crippen molar-refractivity contribution in [2.24, 2.45) is 28.6 Å². The lowest BCUT2D eigenvalue weighted by Gasteiger charge is -2.65. The van der Waals surface area contributed by atoms with Crippen LogP contribution in [-0.2, 0) is 16.1 Å². The molecule has 1 aromatic heterocycles. The number of nitrogens with zero attached hydrogens (tertiary/aromatic N) is 6. The van der Waals surface area contributed by atoms with E-state index in [0.717, 1.165) is 68.1 Å². The van der Waals surface area contributed by atoms with E-state index in [1.807, 2.05) is 23.1 Å². The summed E-state index contributed by atoms with van der Waals surface area (Å²) < 4.78 is 6.49. The molecule has 7 aliphatic rings. The van der Waals surface area contributed by atoms with E-state index < -0.39 is 23.8 Å². The second-order valence-electron chi connectivity index (χ2n) is 19.7. The number of piperidine rings is 1. The molecule has 13 nitrogen and oxygen atoms in total. The van der Waals surface area contributed by atoms with Crippen LogP contribution in [-0.4, -0.2) is 99.6 Å². The van der Waals surface area contributed by atoms with Crippen molar-refractivity contribution in [3.05, 3.63) is 93.0 Å². The van der Waals surface area contributed by atoms with E-state index in [9.17, 15) is 24.0 Å². The van der Waals surface area contributed by atoms with Gasteiger partial charge < -0.3 is 14.5 Å². The van der Waals surface area contributed by atoms with Crippen LogP contribution in [0.3, 0.4) is 0 Å². The number of nitrogens with one attached hydrogen (secondary N) is 1. The predicted molar refractivity (Wildman–Crippen MR) is 234 cm³/mol. The van der Waals surface area contributed by atoms with Crippen LogP contribution in [0.2, 0.25) is 5.02 Å². The van der Waals surface area contributed by atoms with E-state index in [4.69, 9.17) is 27.9 Å². The molecule has 3 aromatic rings. The summed E-state index contributed by atoms with van der Waals surface area (Å²) in [5, 5.41) is 2.61. The Balaban J connectivity index is 0.715. The van der Waals surface area contributed by atoms with Gasteiger partial charge in [0.1, 0.15) is 23.6 Å². The maximum absolute atomic E-state index is 13.8. The number of carbonyl (C=O) groups is 5. The molecule has 2 aliphatic carbocycles. The molecule has 5 aliphatic heterocycles. The summed E-state index contributed by atoms with van der Waals surface area (Å²) >= 11 is 6.31. The van der Waals surface area contributed by atoms with Crippen molar-refractivity contribution in [1.29, 1.82) is 0 Å². The fourth-order valence-corrected chi connectivity index (χ4v) is 12.7. The van der Waals surface area contributed by atoms with Gasteiger partial charge in [0.2, 0.25) is 17.5 Å². The van der Waals surface area contributed by atoms with Gasteiger partial charge in [-0.1, -0.05) is 51.3 Å². The Morgan fingerprint density at radius 1 is 0.825 bits per heavy atom. The Kier molecular flexibility index (Phi) is 9.96. The first-order chi connectivity index (χ1) is 30.1. The average molecular weight is 868 g/mol. The Morgan fingerprint density at radius 2 is 1.52 bits per heavy atom. The van der Waals surface area contributed by atoms with E-state index in [0.29, 0.717) is 69.2 Å². The molecular formula is C49H50ClN7O6. The van der Waals surface area contributed by atoms with Crippen LogP contribution in [0.15, 0.2) is 48.5 Å². The fourth-order valence-electron chi connectivity index (χ4n) is 12.4. The zero-order valence-corrected chi connectivity index (χ0v) is 36.7. The second kappa shape index (κ2) is 15.2. The number of pyridine rings is 1. The molecule has 0 bridgehead atoms. The van der Waals surface area contributed by atoms with Crippen LogP contribution in [0.4, 0.5) is 11.4 Å². The third kappa shape index (κ3) is 6.87. The number of anilines is 1. The topological polar surface area (TPSA) is 137 Å². The number of benzene rings is 2. The number of ether oxygens (including phenoxy) is 1. The summed E-state index contributed by atoms with van der Waals surface area (Å²) in [5.74, 6) is 6.87. The number of hydrogen-bond acceptors (Lipinski definition) is 9. The number of hydrogen-bond donors (Lipinski definition) is 1. The Labute approximate surface area is 372 Å². The van der Waals surface area contributed by atoms with Gasteiger partial charge in [-0.3, -0.25) is 39.1 Å². The van der Waals surface area contributed by atoms with Gasteiger partial charge in [0.05, 0.1) is 40.5 Å². The zero-order chi connectivity index (χ0) is 44.1. The Hall–Kier alpha value is -5.76. The van der Waals surface area contributed by atoms with Gasteiger partial charge in [-0.05, 0) is 92.3 Å². The molecular weight excluding hydrogens is 818 g/mol. The number of halogens is 1. The summed E-state index contributed by atoms with van der Waals surface area (Å²) in [6.45, 7) is 20.1. The summed E-state index contributed by atoms with van der Waals surface area (Å²) in [6, 6.07) is 13.8. The van der Waals surface area contributed by atoms with Gasteiger partial charge >= 0.3 is 0 Å². The molecule has 3 saturated heterocycles. The van der Waals surface area contributed by atoms with E-state index in [1.54, 1.807) is 30.3 Å². The molecule has 2 saturated carbocycles. The highest BCUT2D eigenvalue weighted by Crippen LogP contribution is 2.59. The molecule has 2 aromatic carbocycles. The summed E-state index contributed by atoms with van der Waals surface area (Å²) in [7, 11) is 0. The standard InChI is InChI=1S/C49H50ClN7O6/c1-48(2)46(49(3,4)47(48)63-33-14-17-38(51-5)37(50)21-33)56-26-39-35(43(56)60)15-10-30(52-39)9-6-27-7-11-31(12-8-27)54-22-28-24-55(25-29(28)23-54)32-13-16-34-36(20-32)45(62)57(44(34)61)40-18-19-41(58)53-42(40)59/h10,13-17,20-21,27-29,31,40,46-47H,7-8,11-12,18-19,22-26H2,1-4H3,(H,53,58,59). The maximum Gasteiger partial charge on any atom is 0.262 e. The van der Waals surface area contributed by atoms with Crippen LogP contribution < -0.4 is 15.0 Å². The van der Waals surface area contributed by atoms with Crippen molar-refractivity contribution in [3.63, 3.8) is 0 Å². The summed E-state index contributed by atoms with van der Waals surface area (Å²) in [6.07, 6.45) is 4.33. The minimum Gasteiger partial charge on any atom is -0.489 e. The number of aromatic nitrogens is 1. The number of imide groups is 2. The molecule has 5 fully saturated rings. The number of amides is 5. The molecule has 14 heteroatoms. The number of carbonyl (C=O) groups excluding carboxylic acids is 5. The fraction of sp³-hybridized carbons (Fsp3) is 0.490. The summed E-state index contributed by atoms with van der Waals surface area (Å²) in [5.41, 5.74) is 3.31. The second-order valence-corrected chi connectivity index (χ2v) is 20.1. The third-order valence-electron chi connectivity index (χ3n) is 15.1. The first-order valence-electron chi connectivity index (χ1n) is 22.1. The average Bonchev–Trinajstić information content (AvgIpc) is 3.99. The van der Waals surface area contributed by atoms with Crippen LogP contribution in [0.25, 0.3) is 4.85 Å². The molecule has 0 spiro atoms. The molecule has 0 radical (unpaired) electrons. The lowest BCUT2D eigenvalue weighted by molar-refractivity contribution is -0.199. The normalized spacial score (nSPS) is 29.4. The van der Waals surface area contributed by atoms with Crippen molar-refractivity contribution < 1.29 is 28.7 Å². The SMILES string of the molecule is [C-]#[N+]c1ccc(OC2C(C)(C)C(N3Cc4nc(C#CC5CCC(N6CC7CN(c8ccc9c(c8)C(=O)N(C8CCC(=O)NC8=O)C9=O)CC7C6)CC5)ccc4C3=O)C2(C)C)cc1Cl. The number of likely N-dealkylation sites (tertiary alicyclic amines) is 1. The van der Waals surface area contributed by atoms with Gasteiger partial charge in [0.25, 0.3) is 17.7 Å². The Morgan fingerprint density at radius 3 is 2.21 bits per heavy atom. The van der Waals surface area contributed by atoms with E-state index >= 15 is 0 Å². The third-order valence-corrected chi connectivity index (χ3v) is 15.4. The van der Waals surface area contributed by atoms with Gasteiger partial charge in [-0.15, -0.1) is 0 Å². The molecule has 324 valence electrons. The highest BCUT2D eigenvalue weighted by atomic mass is 35.5. The van der Waals surface area contributed by atoms with Crippen LogP contribution >= 0.6 is 11.6 Å². The van der Waals surface area contributed by atoms with Gasteiger partial charge in [0, 0.05) is 67.1 Å². The molecule has 6 heterocycles. The lowest BCUT2D eigenvalue weighted by atomic mass is 9.49. The van der Waals surface area contributed by atoms with Crippen LogP contribution in [0.1, 0.15) is 109 Å². The minimum absolute atomic E-state index is 0.0133. The van der Waals surface area contributed by atoms with Crippen molar-refractivity contribution >= 4 is 52.5 Å². The van der Waals surface area contributed by atoms with Gasteiger partial charge in [-0.2, -0.15) is 0 Å². The summed E-state index contributed by atoms with van der Waals surface area (Å²) in [4.78, 5) is 81.0. The van der Waals surface area contributed by atoms with Crippen molar-refractivity contribution in [1.82, 2.24) is 25.0 Å². The number of rotatable bonds is 6. The largest absolute Gasteiger partial charge is 0.489 e. The number of fused-ring (bicyclic) bond motifs is 3. The minimum atomic E-state index is -0.972. The van der Waals surface area contributed by atoms with Crippen LogP contribution in [0, 0.1) is 47.0 Å². The molecule has 3 unspecified atom stereocenters. The molecule has 1 N–H and O–H groups in total. The first-order valence-corrected chi connectivity index (χ1v) is 22.5. The van der Waals surface area contributed by atoms with E-state index in [-0.39, 0.29) is 47.6 Å². The quantitative estimate of drug-likeness (QED) is 0.167.